The fraction of sp³-hybridized carbons (Fsp3) is 0.828. The summed E-state index contributed by atoms with van der Waals surface area (Å²) in [5.74, 6) is 17.9. The second kappa shape index (κ2) is 53.3. The van der Waals surface area contributed by atoms with Crippen molar-refractivity contribution in [3.8, 4) is 0 Å². The molecule has 0 amide bonds. The van der Waals surface area contributed by atoms with Crippen LogP contribution in [0.3, 0.4) is 0 Å². The Balaban J connectivity index is 0.000000149. The Morgan fingerprint density at radius 3 is 0.853 bits per heavy atom. The van der Waals surface area contributed by atoms with Crippen LogP contribution < -0.4 is 0 Å². The molecule has 29 atom stereocenters. The summed E-state index contributed by atoms with van der Waals surface area (Å²) >= 11 is 0. The quantitative estimate of drug-likeness (QED) is 0.00978. The highest BCUT2D eigenvalue weighted by Gasteiger charge is 2.64. The van der Waals surface area contributed by atoms with Crippen LogP contribution in [0.25, 0.3) is 0 Å². The highest BCUT2D eigenvalue weighted by atomic mass is 16.6. The number of hydrogen-bond donors (Lipinski definition) is 7. The summed E-state index contributed by atoms with van der Waals surface area (Å²) in [6, 6.07) is 0. The van der Waals surface area contributed by atoms with E-state index in [0.29, 0.717) is 156 Å². The maximum Gasteiger partial charge on any atom is 0.309 e. The van der Waals surface area contributed by atoms with E-state index in [1.807, 2.05) is 55.4 Å². The molecular formula is C122H194O21. The highest BCUT2D eigenvalue weighted by molar-refractivity contribution is 5.76. The zero-order valence-corrected chi connectivity index (χ0v) is 90.7. The van der Waals surface area contributed by atoms with Crippen molar-refractivity contribution in [2.24, 2.45) is 172 Å². The zero-order chi connectivity index (χ0) is 103. The highest BCUT2D eigenvalue weighted by Crippen LogP contribution is 2.69. The van der Waals surface area contributed by atoms with Crippen LogP contribution >= 0.6 is 0 Å². The number of allylic oxidation sites excluding steroid dienone is 14. The van der Waals surface area contributed by atoms with E-state index in [-0.39, 0.29) is 65.5 Å². The molecule has 11 saturated carbocycles. The molecule has 808 valence electrons. The Morgan fingerprint density at radius 2 is 0.524 bits per heavy atom. The van der Waals surface area contributed by atoms with Gasteiger partial charge in [-0.3, -0.25) is 33.6 Å². The number of hydrogen-bond acceptors (Lipinski definition) is 21. The van der Waals surface area contributed by atoms with Gasteiger partial charge in [0.05, 0.1) is 109 Å². The molecule has 18 bridgehead atoms. The van der Waals surface area contributed by atoms with E-state index in [1.54, 1.807) is 41.5 Å². The van der Waals surface area contributed by atoms with E-state index in [1.165, 1.54) is 64.2 Å². The lowest BCUT2D eigenvalue weighted by molar-refractivity contribution is -0.153. The van der Waals surface area contributed by atoms with Crippen molar-refractivity contribution in [3.05, 3.63) is 85.1 Å². The molecule has 0 radical (unpaired) electrons. The first-order valence-electron chi connectivity index (χ1n) is 58.0. The molecule has 0 aromatic rings. The van der Waals surface area contributed by atoms with Crippen LogP contribution in [0.4, 0.5) is 0 Å². The van der Waals surface area contributed by atoms with E-state index in [2.05, 4.69) is 85.1 Å². The molecule has 0 aliphatic heterocycles. The topological polar surface area (TPSA) is 326 Å². The maximum absolute atomic E-state index is 12.6. The zero-order valence-electron chi connectivity index (χ0n) is 90.7. The van der Waals surface area contributed by atoms with Gasteiger partial charge in [0, 0.05) is 19.3 Å². The van der Waals surface area contributed by atoms with Gasteiger partial charge in [0.15, 0.2) is 0 Å². The molecule has 0 saturated heterocycles. The Morgan fingerprint density at radius 1 is 0.245 bits per heavy atom. The predicted octanol–water partition coefficient (Wildman–Crippen LogP) is 23.3. The third-order valence-corrected chi connectivity index (χ3v) is 38.0. The maximum atomic E-state index is 12.6. The summed E-state index contributed by atoms with van der Waals surface area (Å²) in [7, 11) is 0. The summed E-state index contributed by atoms with van der Waals surface area (Å²) in [5, 5.41) is 69.0. The lowest BCUT2D eigenvalue weighted by Gasteiger charge is -2.35. The van der Waals surface area contributed by atoms with Crippen LogP contribution in [0, 0.1) is 172 Å². The van der Waals surface area contributed by atoms with E-state index in [0.717, 1.165) is 256 Å². The fourth-order valence-electron chi connectivity index (χ4n) is 29.5. The molecule has 0 aromatic carbocycles. The summed E-state index contributed by atoms with van der Waals surface area (Å²) in [6.07, 6.45) is 73.2. The molecule has 18 aliphatic carbocycles. The molecule has 21 nitrogen and oxygen atoms in total. The average molecular weight is 2000 g/mol. The minimum Gasteiger partial charge on any atom is -0.466 e. The van der Waals surface area contributed by atoms with Gasteiger partial charge in [-0.25, -0.2) is 0 Å². The number of fused-ring (bicyclic) bond motifs is 28. The van der Waals surface area contributed by atoms with Crippen LogP contribution in [-0.4, -0.2) is 163 Å². The Bertz CT molecular complexity index is 4220. The average Bonchev–Trinajstić information content (AvgIpc) is 1.55. The fourth-order valence-corrected chi connectivity index (χ4v) is 29.5. The number of ether oxygens (including phenoxy) is 7. The molecule has 143 heavy (non-hydrogen) atoms. The first-order valence-corrected chi connectivity index (χ1v) is 58.0. The number of rotatable bonds is 49. The molecule has 0 spiro atoms. The molecule has 29 unspecified atom stereocenters. The SMILES string of the molecule is CC(C)(O)CCCCOC(=O)C1CC2C=CC1C2.CC(C)(O)CCCCOC(=O)CCCC1CC2C=CC1C2.CC(C)(O)CCCOC(=O)C1CC2CC1C1C3C=CC(C3)C21.CC(C)(O)CCCOC(=O)CC1CC2C=CC1C2.CCC(O)(CC)CCCOC(=O)C1CC2C=CC1C2.CCC(O)(CC)CCCOC(=O)C1CC2CC1C1C3C=CC(C3)C21.CCC(O)(CC)CCCOC(=O)CCC1CC2C=CC1C2. The van der Waals surface area contributed by atoms with Gasteiger partial charge < -0.3 is 68.9 Å². The number of carbonyl (C=O) groups excluding carboxylic acids is 7. The summed E-state index contributed by atoms with van der Waals surface area (Å²) in [6.45, 7) is 29.6. The molecule has 18 rings (SSSR count). The minimum absolute atomic E-state index is 0.0184. The van der Waals surface area contributed by atoms with Crippen LogP contribution in [0.15, 0.2) is 85.1 Å². The van der Waals surface area contributed by atoms with Crippen molar-refractivity contribution < 1.29 is 102 Å². The Labute approximate surface area is 860 Å². The Hall–Kier alpha value is -5.81. The van der Waals surface area contributed by atoms with Crippen molar-refractivity contribution in [2.45, 2.75) is 419 Å². The minimum atomic E-state index is -0.665. The lowest BCUT2D eigenvalue weighted by Crippen LogP contribution is -2.35. The first-order chi connectivity index (χ1) is 68.0. The second-order valence-electron chi connectivity index (χ2n) is 50.5. The summed E-state index contributed by atoms with van der Waals surface area (Å²) < 4.78 is 37.7. The van der Waals surface area contributed by atoms with Crippen molar-refractivity contribution in [1.29, 1.82) is 0 Å². The summed E-state index contributed by atoms with van der Waals surface area (Å²) in [5.41, 5.74) is -4.30. The molecule has 7 N–H and O–H groups in total. The largest absolute Gasteiger partial charge is 0.466 e. The van der Waals surface area contributed by atoms with Crippen LogP contribution in [0.2, 0.25) is 0 Å². The second-order valence-corrected chi connectivity index (χ2v) is 50.5. The third kappa shape index (κ3) is 34.1. The van der Waals surface area contributed by atoms with Crippen molar-refractivity contribution in [3.63, 3.8) is 0 Å². The van der Waals surface area contributed by atoms with Gasteiger partial charge in [-0.1, -0.05) is 127 Å². The number of unbranched alkanes of at least 4 members (excludes halogenated alkanes) is 2. The smallest absolute Gasteiger partial charge is 0.309 e. The Kier molecular flexibility index (Phi) is 43.2. The molecule has 21 heteroatoms. The molecular weight excluding hydrogens is 1800 g/mol. The van der Waals surface area contributed by atoms with Crippen molar-refractivity contribution in [1.82, 2.24) is 0 Å². The molecule has 11 fully saturated rings. The standard InChI is InChI=1S/C21H32O3.C19H28O3.2C18H30O3.C16H26O3.2C15H24O3/c1-3-21(23,4-2)8-5-9-24-20(22)17-12-15-11-16(17)19-14-7-6-13(10-14)18(15)19;1-19(2,21)6-3-7-22-18(20)15-10-13-9-14(15)17-12-5-4-11(8-12)16(13)17;1-18(2,20)10-3-4-11-21-17(19)7-5-6-15-12-14-8-9-16(15)13-14;1-3-18(20,4-2)10-5-11-21-17(19)9-8-16-13-14-6-7-15(16)12-14;1-3-16(18,4-2)8-5-9-19-15(17)14-11-12-6-7-13(14)10-12;1-15(2,17)6-3-7-18-14(16)10-13-9-11-4-5-12(13)8-11;1-15(2,17)7-3-4-8-18-14(16)13-10-11-5-6-12(13)9-11/h6-7,13-19,23H,3-5,8-12H2,1-2H3;4-5,11-17,21H,3,6-10H2,1-2H3;8-9,14-16,20H,3-7,10-13H2,1-2H3;6-7,14-16,20H,3-5,8-13H2,1-2H3;6-7,12-14,18H,3-5,8-11H2,1-2H3;4-5,11-13,17H,3,6-10H2,1-2H3;5-6,11-13,17H,3-4,7-10H2,1-2H3. The van der Waals surface area contributed by atoms with E-state index < -0.39 is 39.2 Å². The monoisotopic (exact) mass is 2000 g/mol. The molecule has 0 aromatic heterocycles. The van der Waals surface area contributed by atoms with Crippen LogP contribution in [0.1, 0.15) is 379 Å². The van der Waals surface area contributed by atoms with E-state index in [4.69, 9.17) is 33.2 Å². The first kappa shape index (κ1) is 116. The number of aliphatic hydroxyl groups is 7. The van der Waals surface area contributed by atoms with Gasteiger partial charge in [-0.2, -0.15) is 0 Å². The normalized spacial score (nSPS) is 33.3. The van der Waals surface area contributed by atoms with Crippen molar-refractivity contribution >= 4 is 41.8 Å². The van der Waals surface area contributed by atoms with Gasteiger partial charge in [-0.15, -0.1) is 0 Å². The van der Waals surface area contributed by atoms with Gasteiger partial charge in [-0.05, 0) is 467 Å². The van der Waals surface area contributed by atoms with Gasteiger partial charge in [0.1, 0.15) is 0 Å². The number of carbonyl (C=O) groups is 7. The van der Waals surface area contributed by atoms with Gasteiger partial charge in [0.25, 0.3) is 0 Å². The lowest BCUT2D eigenvalue weighted by atomic mass is 9.69. The third-order valence-electron chi connectivity index (χ3n) is 38.0. The van der Waals surface area contributed by atoms with E-state index >= 15 is 0 Å². The summed E-state index contributed by atoms with van der Waals surface area (Å²) in [4.78, 5) is 84.0. The molecule has 0 heterocycles. The molecule has 18 aliphatic rings. The predicted molar refractivity (Wildman–Crippen MR) is 559 cm³/mol. The van der Waals surface area contributed by atoms with Crippen LogP contribution in [-0.2, 0) is 66.7 Å². The van der Waals surface area contributed by atoms with Gasteiger partial charge in [0.2, 0.25) is 0 Å². The van der Waals surface area contributed by atoms with Crippen LogP contribution in [0.5, 0.6) is 0 Å². The number of esters is 7. The van der Waals surface area contributed by atoms with Crippen molar-refractivity contribution in [2.75, 3.05) is 46.2 Å². The van der Waals surface area contributed by atoms with Gasteiger partial charge >= 0.3 is 41.8 Å². The van der Waals surface area contributed by atoms with E-state index in [9.17, 15) is 69.3 Å².